The lowest BCUT2D eigenvalue weighted by atomic mass is 10.0. The molecule has 1 aromatic rings. The molecule has 0 bridgehead atoms. The molecule has 0 fully saturated rings. The van der Waals surface area contributed by atoms with E-state index in [1.807, 2.05) is 0 Å². The predicted octanol–water partition coefficient (Wildman–Crippen LogP) is 2.16. The topological polar surface area (TPSA) is 46.2 Å². The quantitative estimate of drug-likeness (QED) is 0.854. The first-order chi connectivity index (χ1) is 7.58. The number of carbonyl (C=O) groups excluding carboxylic acids is 2. The van der Waals surface area contributed by atoms with Crippen molar-refractivity contribution in [2.24, 2.45) is 0 Å². The molecule has 1 N–H and O–H groups in total. The Labute approximate surface area is 98.1 Å². The van der Waals surface area contributed by atoms with Crippen LogP contribution in [-0.2, 0) is 9.59 Å². The van der Waals surface area contributed by atoms with E-state index in [9.17, 15) is 9.59 Å². The minimum absolute atomic E-state index is 0.0803. The molecule has 0 atom stereocenters. The molecule has 0 saturated carbocycles. The SMILES string of the molecule is CC(=O)C1=C(c2ccc(Cl)cc2)NC(=O)C1. The first kappa shape index (κ1) is 10.9. The van der Waals surface area contributed by atoms with Crippen LogP contribution in [0, 0.1) is 0 Å². The lowest BCUT2D eigenvalue weighted by Gasteiger charge is -2.05. The molecule has 3 nitrogen and oxygen atoms in total. The van der Waals surface area contributed by atoms with Crippen LogP contribution in [0.2, 0.25) is 5.02 Å². The molecule has 0 aliphatic carbocycles. The number of hydrogen-bond acceptors (Lipinski definition) is 2. The van der Waals surface area contributed by atoms with Crippen LogP contribution in [0.4, 0.5) is 0 Å². The molecule has 1 aliphatic rings. The summed E-state index contributed by atoms with van der Waals surface area (Å²) < 4.78 is 0. The fourth-order valence-electron chi connectivity index (χ4n) is 1.67. The fraction of sp³-hybridized carbons (Fsp3) is 0.167. The highest BCUT2D eigenvalue weighted by molar-refractivity contribution is 6.30. The molecule has 0 radical (unpaired) electrons. The lowest BCUT2D eigenvalue weighted by Crippen LogP contribution is -2.13. The van der Waals surface area contributed by atoms with E-state index in [1.54, 1.807) is 24.3 Å². The van der Waals surface area contributed by atoms with Crippen LogP contribution in [-0.4, -0.2) is 11.7 Å². The second-order valence-corrected chi connectivity index (χ2v) is 4.08. The van der Waals surface area contributed by atoms with Crippen molar-refractivity contribution in [1.82, 2.24) is 5.32 Å². The number of halogens is 1. The number of ketones is 1. The maximum absolute atomic E-state index is 11.4. The Hall–Kier alpha value is -1.61. The number of hydrogen-bond donors (Lipinski definition) is 1. The highest BCUT2D eigenvalue weighted by Gasteiger charge is 2.24. The van der Waals surface area contributed by atoms with Gasteiger partial charge in [0, 0.05) is 10.6 Å². The summed E-state index contributed by atoms with van der Waals surface area (Å²) in [5.41, 5.74) is 1.95. The number of amides is 1. The molecule has 1 heterocycles. The molecule has 82 valence electrons. The van der Waals surface area contributed by atoms with Gasteiger partial charge in [-0.15, -0.1) is 0 Å². The number of nitrogens with one attached hydrogen (secondary N) is 1. The van der Waals surface area contributed by atoms with Gasteiger partial charge in [-0.05, 0) is 24.6 Å². The lowest BCUT2D eigenvalue weighted by molar-refractivity contribution is -0.120. The van der Waals surface area contributed by atoms with E-state index in [1.165, 1.54) is 6.92 Å². The largest absolute Gasteiger partial charge is 0.325 e. The van der Waals surface area contributed by atoms with Gasteiger partial charge >= 0.3 is 0 Å². The first-order valence-corrected chi connectivity index (χ1v) is 5.25. The fourth-order valence-corrected chi connectivity index (χ4v) is 1.80. The minimum atomic E-state index is -0.143. The average molecular weight is 236 g/mol. The summed E-state index contributed by atoms with van der Waals surface area (Å²) in [5.74, 6) is -0.224. The highest BCUT2D eigenvalue weighted by Crippen LogP contribution is 2.25. The second-order valence-electron chi connectivity index (χ2n) is 3.64. The van der Waals surface area contributed by atoms with Crippen molar-refractivity contribution >= 4 is 29.0 Å². The van der Waals surface area contributed by atoms with Gasteiger partial charge in [-0.2, -0.15) is 0 Å². The van der Waals surface area contributed by atoms with Crippen molar-refractivity contribution in [3.8, 4) is 0 Å². The molecular formula is C12H10ClNO2. The Morgan fingerprint density at radius 1 is 1.31 bits per heavy atom. The Balaban J connectivity index is 2.45. The van der Waals surface area contributed by atoms with Crippen molar-refractivity contribution in [3.63, 3.8) is 0 Å². The third kappa shape index (κ3) is 1.99. The zero-order chi connectivity index (χ0) is 11.7. The van der Waals surface area contributed by atoms with Crippen LogP contribution in [0.1, 0.15) is 18.9 Å². The Morgan fingerprint density at radius 2 is 1.94 bits per heavy atom. The van der Waals surface area contributed by atoms with Crippen molar-refractivity contribution in [2.75, 3.05) is 0 Å². The molecule has 0 unspecified atom stereocenters. The predicted molar refractivity (Wildman–Crippen MR) is 61.8 cm³/mol. The van der Waals surface area contributed by atoms with Crippen LogP contribution in [0.5, 0.6) is 0 Å². The molecule has 2 rings (SSSR count). The molecule has 1 aliphatic heterocycles. The van der Waals surface area contributed by atoms with Crippen molar-refractivity contribution < 1.29 is 9.59 Å². The molecule has 0 saturated heterocycles. The van der Waals surface area contributed by atoms with Crippen LogP contribution in [0.3, 0.4) is 0 Å². The van der Waals surface area contributed by atoms with Gasteiger partial charge in [0.05, 0.1) is 12.1 Å². The van der Waals surface area contributed by atoms with Crippen LogP contribution >= 0.6 is 11.6 Å². The van der Waals surface area contributed by atoms with E-state index in [0.29, 0.717) is 16.3 Å². The number of carbonyl (C=O) groups is 2. The van der Waals surface area contributed by atoms with Gasteiger partial charge in [-0.25, -0.2) is 0 Å². The maximum Gasteiger partial charge on any atom is 0.229 e. The van der Waals surface area contributed by atoms with Gasteiger partial charge in [0.15, 0.2) is 5.78 Å². The minimum Gasteiger partial charge on any atom is -0.325 e. The molecule has 0 aromatic heterocycles. The van der Waals surface area contributed by atoms with Gasteiger partial charge in [0.2, 0.25) is 5.91 Å². The molecule has 1 amide bonds. The first-order valence-electron chi connectivity index (χ1n) is 4.88. The summed E-state index contributed by atoms with van der Waals surface area (Å²) in [6, 6.07) is 7.02. The zero-order valence-corrected chi connectivity index (χ0v) is 9.47. The summed E-state index contributed by atoms with van der Waals surface area (Å²) in [6.45, 7) is 1.46. The number of Topliss-reactive ketones (excluding diaryl/α,β-unsaturated/α-hetero) is 1. The smallest absolute Gasteiger partial charge is 0.229 e. The van der Waals surface area contributed by atoms with Crippen LogP contribution in [0.25, 0.3) is 5.70 Å². The highest BCUT2D eigenvalue weighted by atomic mass is 35.5. The van der Waals surface area contributed by atoms with Crippen LogP contribution < -0.4 is 5.32 Å². The third-order valence-corrected chi connectivity index (χ3v) is 2.71. The van der Waals surface area contributed by atoms with Crippen molar-refractivity contribution in [2.45, 2.75) is 13.3 Å². The summed E-state index contributed by atoms with van der Waals surface area (Å²) in [7, 11) is 0. The van der Waals surface area contributed by atoms with Crippen LogP contribution in [0.15, 0.2) is 29.8 Å². The zero-order valence-electron chi connectivity index (χ0n) is 8.71. The second kappa shape index (κ2) is 4.10. The molecule has 4 heteroatoms. The maximum atomic E-state index is 11.4. The summed E-state index contributed by atoms with van der Waals surface area (Å²) >= 11 is 5.78. The van der Waals surface area contributed by atoms with Crippen molar-refractivity contribution in [3.05, 3.63) is 40.4 Å². The van der Waals surface area contributed by atoms with E-state index in [0.717, 1.165) is 5.56 Å². The summed E-state index contributed by atoms with van der Waals surface area (Å²) in [5, 5.41) is 3.32. The molecule has 1 aromatic carbocycles. The number of rotatable bonds is 2. The van der Waals surface area contributed by atoms with Gasteiger partial charge < -0.3 is 5.32 Å². The van der Waals surface area contributed by atoms with Gasteiger partial charge in [-0.1, -0.05) is 23.7 Å². The standard InChI is InChI=1S/C12H10ClNO2/c1-7(15)10-6-11(16)14-12(10)8-2-4-9(13)5-3-8/h2-5H,6H2,1H3,(H,14,16). The Morgan fingerprint density at radius 3 is 2.50 bits per heavy atom. The molecule has 0 spiro atoms. The monoisotopic (exact) mass is 235 g/mol. The molecule has 16 heavy (non-hydrogen) atoms. The summed E-state index contributed by atoms with van der Waals surface area (Å²) in [6.07, 6.45) is 0.160. The third-order valence-electron chi connectivity index (χ3n) is 2.46. The van der Waals surface area contributed by atoms with Gasteiger partial charge in [0.1, 0.15) is 0 Å². The van der Waals surface area contributed by atoms with E-state index in [4.69, 9.17) is 11.6 Å². The van der Waals surface area contributed by atoms with E-state index in [-0.39, 0.29) is 18.1 Å². The van der Waals surface area contributed by atoms with Gasteiger partial charge in [0.25, 0.3) is 0 Å². The average Bonchev–Trinajstić information content (AvgIpc) is 2.61. The Bertz CT molecular complexity index is 488. The number of benzene rings is 1. The molecular weight excluding hydrogens is 226 g/mol. The Kier molecular flexibility index (Phi) is 2.79. The van der Waals surface area contributed by atoms with Crippen molar-refractivity contribution in [1.29, 1.82) is 0 Å². The summed E-state index contributed by atoms with van der Waals surface area (Å²) in [4.78, 5) is 22.6. The van der Waals surface area contributed by atoms with Gasteiger partial charge in [-0.3, -0.25) is 9.59 Å². The van der Waals surface area contributed by atoms with E-state index >= 15 is 0 Å². The van der Waals surface area contributed by atoms with E-state index in [2.05, 4.69) is 5.32 Å². The normalized spacial score (nSPS) is 15.2. The van der Waals surface area contributed by atoms with E-state index < -0.39 is 0 Å².